The van der Waals surface area contributed by atoms with Crippen LogP contribution in [0.25, 0.3) is 33.0 Å². The number of allylic oxidation sites excluding steroid dienone is 5. The zero-order valence-corrected chi connectivity index (χ0v) is 15.3. The van der Waals surface area contributed by atoms with E-state index in [1.807, 2.05) is 37.7 Å². The van der Waals surface area contributed by atoms with Gasteiger partial charge >= 0.3 is 0 Å². The van der Waals surface area contributed by atoms with Crippen LogP contribution < -0.4 is 0 Å². The van der Waals surface area contributed by atoms with Crippen molar-refractivity contribution in [3.05, 3.63) is 84.4 Å². The molecule has 0 atom stereocenters. The first-order chi connectivity index (χ1) is 12.7. The summed E-state index contributed by atoms with van der Waals surface area (Å²) in [5, 5.41) is 3.45. The highest BCUT2D eigenvalue weighted by Crippen LogP contribution is 2.34. The van der Waals surface area contributed by atoms with Crippen molar-refractivity contribution in [3.8, 4) is 0 Å². The van der Waals surface area contributed by atoms with Gasteiger partial charge in [0, 0.05) is 29.4 Å². The number of hydrogen-bond acceptors (Lipinski definition) is 2. The first-order valence-corrected chi connectivity index (χ1v) is 8.76. The fourth-order valence-corrected chi connectivity index (χ4v) is 3.59. The van der Waals surface area contributed by atoms with Gasteiger partial charge in [-0.1, -0.05) is 24.8 Å². The molecular weight excluding hydrogens is 318 g/mol. The van der Waals surface area contributed by atoms with Crippen LogP contribution in [0.2, 0.25) is 0 Å². The molecule has 0 amide bonds. The number of rotatable bonds is 3. The lowest BCUT2D eigenvalue weighted by Gasteiger charge is -2.14. The van der Waals surface area contributed by atoms with Gasteiger partial charge in [-0.15, -0.1) is 0 Å². The van der Waals surface area contributed by atoms with Crippen molar-refractivity contribution < 1.29 is 0 Å². The summed E-state index contributed by atoms with van der Waals surface area (Å²) < 4.78 is 2.06. The van der Waals surface area contributed by atoms with Crippen LogP contribution in [0, 0.1) is 6.92 Å². The Balaban J connectivity index is 2.20. The minimum absolute atomic E-state index is 0.930. The largest absolute Gasteiger partial charge is 0.283 e. The number of imidazole rings is 1. The van der Waals surface area contributed by atoms with Crippen LogP contribution in [-0.4, -0.2) is 14.4 Å². The van der Waals surface area contributed by atoms with Gasteiger partial charge in [0.05, 0.1) is 0 Å². The second-order valence-electron chi connectivity index (χ2n) is 6.51. The van der Waals surface area contributed by atoms with Crippen molar-refractivity contribution in [1.29, 1.82) is 0 Å². The molecule has 26 heavy (non-hydrogen) atoms. The van der Waals surface area contributed by atoms with Crippen LogP contribution in [0.4, 0.5) is 0 Å². The van der Waals surface area contributed by atoms with Crippen LogP contribution in [0.3, 0.4) is 0 Å². The number of aryl methyl sites for hydroxylation is 1. The Hall–Kier alpha value is -3.20. The summed E-state index contributed by atoms with van der Waals surface area (Å²) >= 11 is 0. The highest BCUT2D eigenvalue weighted by atomic mass is 15.0. The van der Waals surface area contributed by atoms with Gasteiger partial charge in [-0.3, -0.25) is 4.40 Å². The fourth-order valence-electron chi connectivity index (χ4n) is 3.59. The van der Waals surface area contributed by atoms with Gasteiger partial charge in [0.25, 0.3) is 0 Å². The molecule has 0 N–H and O–H groups in total. The van der Waals surface area contributed by atoms with E-state index in [1.54, 1.807) is 0 Å². The topological polar surface area (TPSA) is 30.2 Å². The smallest absolute Gasteiger partial charge is 0.146 e. The first-order valence-electron chi connectivity index (χ1n) is 8.76. The molecule has 0 aliphatic carbocycles. The van der Waals surface area contributed by atoms with Crippen molar-refractivity contribution in [2.24, 2.45) is 0 Å². The molecule has 0 aliphatic rings. The lowest BCUT2D eigenvalue weighted by Crippen LogP contribution is -1.96. The van der Waals surface area contributed by atoms with E-state index < -0.39 is 0 Å². The number of fused-ring (bicyclic) bond motifs is 6. The number of hydrogen-bond donors (Lipinski definition) is 0. The highest BCUT2D eigenvalue weighted by Gasteiger charge is 2.14. The number of pyridine rings is 2. The van der Waals surface area contributed by atoms with E-state index in [0.717, 1.165) is 27.6 Å². The molecule has 1 aromatic carbocycles. The third-order valence-corrected chi connectivity index (χ3v) is 4.91. The number of nitrogens with zero attached hydrogens (tertiary/aromatic N) is 3. The zero-order chi connectivity index (χ0) is 18.3. The molecule has 0 aliphatic heterocycles. The van der Waals surface area contributed by atoms with Gasteiger partial charge in [-0.25, -0.2) is 9.97 Å². The van der Waals surface area contributed by atoms with E-state index in [4.69, 9.17) is 0 Å². The van der Waals surface area contributed by atoms with Gasteiger partial charge in [-0.2, -0.15) is 0 Å². The Morgan fingerprint density at radius 1 is 1.08 bits per heavy atom. The first kappa shape index (κ1) is 16.3. The van der Waals surface area contributed by atoms with Crippen LogP contribution in [0.5, 0.6) is 0 Å². The SMILES string of the molecule is C=C/C(C)=C(\C=C/C)c1cc2c3cccnc3n3ccnc3c2cc1C. The average Bonchev–Trinajstić information content (AvgIpc) is 3.16. The molecule has 3 heteroatoms. The van der Waals surface area contributed by atoms with E-state index >= 15 is 0 Å². The van der Waals surface area contributed by atoms with Gasteiger partial charge in [0.15, 0.2) is 0 Å². The minimum Gasteiger partial charge on any atom is -0.283 e. The van der Waals surface area contributed by atoms with Crippen LogP contribution in [-0.2, 0) is 0 Å². The molecule has 4 rings (SSSR count). The summed E-state index contributed by atoms with van der Waals surface area (Å²) in [5.41, 5.74) is 6.67. The molecule has 0 unspecified atom stereocenters. The Bertz CT molecular complexity index is 1220. The molecule has 0 saturated heterocycles. The maximum atomic E-state index is 4.60. The number of benzene rings is 1. The van der Waals surface area contributed by atoms with Crippen molar-refractivity contribution in [1.82, 2.24) is 14.4 Å². The minimum atomic E-state index is 0.930. The summed E-state index contributed by atoms with van der Waals surface area (Å²) in [7, 11) is 0. The Labute approximate surface area is 153 Å². The molecule has 3 aromatic heterocycles. The van der Waals surface area contributed by atoms with Crippen LogP contribution in [0.1, 0.15) is 25.0 Å². The van der Waals surface area contributed by atoms with Crippen molar-refractivity contribution in [2.45, 2.75) is 20.8 Å². The number of aromatic nitrogens is 3. The molecule has 3 nitrogen and oxygen atoms in total. The van der Waals surface area contributed by atoms with Gasteiger partial charge < -0.3 is 0 Å². The van der Waals surface area contributed by atoms with E-state index in [-0.39, 0.29) is 0 Å². The van der Waals surface area contributed by atoms with E-state index in [0.29, 0.717) is 0 Å². The molecule has 0 radical (unpaired) electrons. The molecule has 0 spiro atoms. The van der Waals surface area contributed by atoms with Crippen molar-refractivity contribution in [2.75, 3.05) is 0 Å². The van der Waals surface area contributed by atoms with Gasteiger partial charge in [0.1, 0.15) is 11.3 Å². The fraction of sp³-hybridized carbons (Fsp3) is 0.130. The molecule has 0 saturated carbocycles. The van der Waals surface area contributed by atoms with E-state index in [9.17, 15) is 0 Å². The Morgan fingerprint density at radius 2 is 1.85 bits per heavy atom. The molecular formula is C23H21N3. The maximum Gasteiger partial charge on any atom is 0.146 e. The quantitative estimate of drug-likeness (QED) is 0.345. The lowest BCUT2D eigenvalue weighted by molar-refractivity contribution is 1.20. The zero-order valence-electron chi connectivity index (χ0n) is 15.3. The standard InChI is InChI=1S/C23H21N3/c1-5-8-17(15(3)6-2)19-14-20-18-9-7-10-24-22(18)26-12-11-25-23(26)21(20)13-16(19)4/h5-14H,2H2,1,3-4H3/b8-5-,17-15+. The van der Waals surface area contributed by atoms with Gasteiger partial charge in [0.2, 0.25) is 0 Å². The van der Waals surface area contributed by atoms with Gasteiger partial charge in [-0.05, 0) is 72.7 Å². The van der Waals surface area contributed by atoms with Crippen LogP contribution in [0.15, 0.2) is 73.2 Å². The lowest BCUT2D eigenvalue weighted by atomic mass is 9.92. The third-order valence-electron chi connectivity index (χ3n) is 4.91. The molecule has 0 bridgehead atoms. The highest BCUT2D eigenvalue weighted by molar-refractivity contribution is 6.12. The summed E-state index contributed by atoms with van der Waals surface area (Å²) in [6.45, 7) is 10.2. The normalized spacial score (nSPS) is 13.0. The van der Waals surface area contributed by atoms with E-state index in [1.165, 1.54) is 22.1 Å². The second kappa shape index (κ2) is 6.26. The average molecular weight is 339 g/mol. The Morgan fingerprint density at radius 3 is 2.62 bits per heavy atom. The third kappa shape index (κ3) is 2.36. The van der Waals surface area contributed by atoms with E-state index in [2.05, 4.69) is 65.1 Å². The van der Waals surface area contributed by atoms with Crippen molar-refractivity contribution >= 4 is 33.0 Å². The molecule has 4 aromatic rings. The summed E-state index contributed by atoms with van der Waals surface area (Å²) in [6, 6.07) is 8.62. The predicted octanol–water partition coefficient (Wildman–Crippen LogP) is 5.88. The molecule has 0 fully saturated rings. The summed E-state index contributed by atoms with van der Waals surface area (Å²) in [5.74, 6) is 0. The predicted molar refractivity (Wildman–Crippen MR) is 110 cm³/mol. The maximum absolute atomic E-state index is 4.60. The Kier molecular flexibility index (Phi) is 3.92. The molecule has 128 valence electrons. The monoisotopic (exact) mass is 339 g/mol. The summed E-state index contributed by atoms with van der Waals surface area (Å²) in [4.78, 5) is 9.18. The summed E-state index contributed by atoms with van der Waals surface area (Å²) in [6.07, 6.45) is 11.8. The second-order valence-corrected chi connectivity index (χ2v) is 6.51. The van der Waals surface area contributed by atoms with Crippen LogP contribution >= 0.6 is 0 Å². The molecule has 3 heterocycles. The van der Waals surface area contributed by atoms with Crippen molar-refractivity contribution in [3.63, 3.8) is 0 Å².